The summed E-state index contributed by atoms with van der Waals surface area (Å²) in [5.41, 5.74) is 4.24. The molecule has 0 radical (unpaired) electrons. The molecule has 2 aromatic carbocycles. The van der Waals surface area contributed by atoms with Crippen LogP contribution in [-0.2, 0) is 24.4 Å². The summed E-state index contributed by atoms with van der Waals surface area (Å²) in [6, 6.07) is 16.0. The van der Waals surface area contributed by atoms with Gasteiger partial charge in [0, 0.05) is 25.8 Å². The van der Waals surface area contributed by atoms with Crippen LogP contribution in [0.3, 0.4) is 0 Å². The van der Waals surface area contributed by atoms with Crippen molar-refractivity contribution >= 4 is 6.29 Å². The lowest BCUT2D eigenvalue weighted by Crippen LogP contribution is -2.12. The predicted molar refractivity (Wildman–Crippen MR) is 79.5 cm³/mol. The monoisotopic (exact) mass is 269 g/mol. The molecule has 3 heteroatoms. The van der Waals surface area contributed by atoms with Gasteiger partial charge in [0.2, 0.25) is 0 Å². The lowest BCUT2D eigenvalue weighted by molar-refractivity contribution is 0.112. The maximum atomic E-state index is 10.7. The molecule has 0 spiro atoms. The van der Waals surface area contributed by atoms with Crippen LogP contribution in [0.15, 0.2) is 48.5 Å². The Morgan fingerprint density at radius 1 is 1.00 bits per heavy atom. The molecule has 0 fully saturated rings. The summed E-state index contributed by atoms with van der Waals surface area (Å²) < 4.78 is 5.08. The third-order valence-electron chi connectivity index (χ3n) is 3.08. The number of rotatable bonds is 7. The molecule has 0 aliphatic heterocycles. The van der Waals surface area contributed by atoms with Crippen LogP contribution >= 0.6 is 0 Å². The van der Waals surface area contributed by atoms with Gasteiger partial charge in [-0.3, -0.25) is 4.79 Å². The van der Waals surface area contributed by atoms with Crippen molar-refractivity contribution in [2.75, 3.05) is 7.11 Å². The van der Waals surface area contributed by atoms with E-state index in [9.17, 15) is 4.79 Å². The van der Waals surface area contributed by atoms with E-state index in [4.69, 9.17) is 4.74 Å². The molecular weight excluding hydrogens is 250 g/mol. The molecule has 0 atom stereocenters. The topological polar surface area (TPSA) is 38.3 Å². The fourth-order valence-electron chi connectivity index (χ4n) is 2.05. The number of hydrogen-bond acceptors (Lipinski definition) is 3. The van der Waals surface area contributed by atoms with Crippen molar-refractivity contribution < 1.29 is 9.53 Å². The average Bonchev–Trinajstić information content (AvgIpc) is 2.50. The second-order valence-electron chi connectivity index (χ2n) is 4.72. The second kappa shape index (κ2) is 7.58. The van der Waals surface area contributed by atoms with E-state index in [0.717, 1.165) is 24.9 Å². The largest absolute Gasteiger partial charge is 0.380 e. The van der Waals surface area contributed by atoms with Crippen molar-refractivity contribution in [1.29, 1.82) is 0 Å². The fraction of sp³-hybridized carbons (Fsp3) is 0.235. The van der Waals surface area contributed by atoms with Crippen LogP contribution in [0.2, 0.25) is 0 Å². The van der Waals surface area contributed by atoms with E-state index in [1.807, 2.05) is 24.3 Å². The first kappa shape index (κ1) is 14.4. The van der Waals surface area contributed by atoms with Gasteiger partial charge in [0.1, 0.15) is 6.29 Å². The second-order valence-corrected chi connectivity index (χ2v) is 4.72. The van der Waals surface area contributed by atoms with Crippen molar-refractivity contribution in [3.63, 3.8) is 0 Å². The summed E-state index contributed by atoms with van der Waals surface area (Å²) in [7, 11) is 1.70. The van der Waals surface area contributed by atoms with Crippen LogP contribution in [0.1, 0.15) is 27.0 Å². The average molecular weight is 269 g/mol. The third kappa shape index (κ3) is 4.30. The van der Waals surface area contributed by atoms with Crippen molar-refractivity contribution in [1.82, 2.24) is 5.32 Å². The standard InChI is InChI=1S/C17H19NO2/c1-20-13-15-7-5-14(6-8-15)10-18-11-16-3-2-4-17(9-16)12-19/h2-9,12,18H,10-11,13H2,1H3. The molecule has 3 nitrogen and oxygen atoms in total. The minimum absolute atomic E-state index is 0.645. The molecule has 20 heavy (non-hydrogen) atoms. The zero-order valence-corrected chi connectivity index (χ0v) is 11.6. The van der Waals surface area contributed by atoms with Crippen LogP contribution < -0.4 is 5.32 Å². The van der Waals surface area contributed by atoms with Crippen molar-refractivity contribution in [2.24, 2.45) is 0 Å². The molecule has 1 N–H and O–H groups in total. The Morgan fingerprint density at radius 2 is 1.70 bits per heavy atom. The maximum Gasteiger partial charge on any atom is 0.150 e. The first-order valence-electron chi connectivity index (χ1n) is 6.63. The summed E-state index contributed by atoms with van der Waals surface area (Å²) in [6.07, 6.45) is 0.873. The Hall–Kier alpha value is -1.97. The quantitative estimate of drug-likeness (QED) is 0.785. The molecule has 0 amide bonds. The highest BCUT2D eigenvalue weighted by Gasteiger charge is 1.97. The summed E-state index contributed by atoms with van der Waals surface area (Å²) in [5.74, 6) is 0. The Labute approximate surface area is 119 Å². The SMILES string of the molecule is COCc1ccc(CNCc2cccc(C=O)c2)cc1. The number of benzene rings is 2. The van der Waals surface area contributed by atoms with Gasteiger partial charge in [0.25, 0.3) is 0 Å². The molecule has 2 aromatic rings. The smallest absolute Gasteiger partial charge is 0.150 e. The van der Waals surface area contributed by atoms with Crippen LogP contribution in [0.4, 0.5) is 0 Å². The van der Waals surface area contributed by atoms with E-state index in [1.165, 1.54) is 11.1 Å². The summed E-state index contributed by atoms with van der Waals surface area (Å²) in [5, 5.41) is 3.37. The molecule has 104 valence electrons. The van der Waals surface area contributed by atoms with Crippen molar-refractivity contribution in [3.05, 3.63) is 70.8 Å². The number of carbonyl (C=O) groups is 1. The number of carbonyl (C=O) groups excluding carboxylic acids is 1. The van der Waals surface area contributed by atoms with Gasteiger partial charge in [-0.25, -0.2) is 0 Å². The van der Waals surface area contributed by atoms with Gasteiger partial charge in [-0.1, -0.05) is 42.5 Å². The van der Waals surface area contributed by atoms with E-state index in [0.29, 0.717) is 12.2 Å². The molecule has 0 aromatic heterocycles. The zero-order chi connectivity index (χ0) is 14.2. The molecule has 2 rings (SSSR count). The first-order chi connectivity index (χ1) is 9.81. The van der Waals surface area contributed by atoms with Gasteiger partial charge in [-0.2, -0.15) is 0 Å². The molecule has 0 unspecified atom stereocenters. The third-order valence-corrected chi connectivity index (χ3v) is 3.08. The fourth-order valence-corrected chi connectivity index (χ4v) is 2.05. The molecule has 0 heterocycles. The summed E-state index contributed by atoms with van der Waals surface area (Å²) in [6.45, 7) is 2.20. The highest BCUT2D eigenvalue weighted by Crippen LogP contribution is 2.07. The van der Waals surface area contributed by atoms with Gasteiger partial charge >= 0.3 is 0 Å². The number of nitrogens with one attached hydrogen (secondary N) is 1. The van der Waals surface area contributed by atoms with Gasteiger partial charge in [-0.15, -0.1) is 0 Å². The Morgan fingerprint density at radius 3 is 2.40 bits per heavy atom. The Kier molecular flexibility index (Phi) is 5.47. The van der Waals surface area contributed by atoms with Gasteiger partial charge in [0.15, 0.2) is 0 Å². The number of hydrogen-bond donors (Lipinski definition) is 1. The van der Waals surface area contributed by atoms with Crippen LogP contribution in [-0.4, -0.2) is 13.4 Å². The van der Waals surface area contributed by atoms with E-state index >= 15 is 0 Å². The summed E-state index contributed by atoms with van der Waals surface area (Å²) >= 11 is 0. The first-order valence-corrected chi connectivity index (χ1v) is 6.63. The number of ether oxygens (including phenoxy) is 1. The number of methoxy groups -OCH3 is 1. The summed E-state index contributed by atoms with van der Waals surface area (Å²) in [4.78, 5) is 10.7. The lowest BCUT2D eigenvalue weighted by atomic mass is 10.1. The van der Waals surface area contributed by atoms with E-state index in [1.54, 1.807) is 7.11 Å². The zero-order valence-electron chi connectivity index (χ0n) is 11.6. The molecule has 0 bridgehead atoms. The van der Waals surface area contributed by atoms with Crippen LogP contribution in [0.25, 0.3) is 0 Å². The van der Waals surface area contributed by atoms with Crippen molar-refractivity contribution in [3.8, 4) is 0 Å². The Balaban J connectivity index is 1.84. The van der Waals surface area contributed by atoms with E-state index in [2.05, 4.69) is 29.6 Å². The van der Waals surface area contributed by atoms with Gasteiger partial charge in [0.05, 0.1) is 6.61 Å². The normalized spacial score (nSPS) is 10.4. The van der Waals surface area contributed by atoms with E-state index < -0.39 is 0 Å². The van der Waals surface area contributed by atoms with Crippen LogP contribution in [0, 0.1) is 0 Å². The molecule has 0 saturated heterocycles. The minimum Gasteiger partial charge on any atom is -0.380 e. The lowest BCUT2D eigenvalue weighted by Gasteiger charge is -2.07. The number of aldehydes is 1. The highest BCUT2D eigenvalue weighted by atomic mass is 16.5. The van der Waals surface area contributed by atoms with Gasteiger partial charge in [-0.05, 0) is 22.8 Å². The molecule has 0 aliphatic carbocycles. The van der Waals surface area contributed by atoms with Crippen molar-refractivity contribution in [2.45, 2.75) is 19.7 Å². The highest BCUT2D eigenvalue weighted by molar-refractivity contribution is 5.74. The van der Waals surface area contributed by atoms with E-state index in [-0.39, 0.29) is 0 Å². The minimum atomic E-state index is 0.645. The predicted octanol–water partition coefficient (Wildman–Crippen LogP) is 2.94. The van der Waals surface area contributed by atoms with Crippen LogP contribution in [0.5, 0.6) is 0 Å². The molecular formula is C17H19NO2. The maximum absolute atomic E-state index is 10.7. The molecule has 0 aliphatic rings. The molecule has 0 saturated carbocycles. The Bertz CT molecular complexity index is 549. The van der Waals surface area contributed by atoms with Gasteiger partial charge < -0.3 is 10.1 Å².